The average Bonchev–Trinajstić information content (AvgIpc) is 2.78. The van der Waals surface area contributed by atoms with E-state index < -0.39 is 29.8 Å². The Morgan fingerprint density at radius 2 is 2.00 bits per heavy atom. The van der Waals surface area contributed by atoms with Crippen LogP contribution in [-0.2, 0) is 14.2 Å². The molecule has 3 atom stereocenters. The summed E-state index contributed by atoms with van der Waals surface area (Å²) in [5.41, 5.74) is -0.647. The standard InChI is InChI=1S/C25H30F2N4O4/c1-6-29-23(21(27)15(2)30-20-8-7-16(10-28)9-19(20)26)34-22-17-11-31(12-18(22)14-33-13-17)24(32)35-25(3,4)5/h6-9,17-18,21-22H,1,11-14H2,2-5H3. The van der Waals surface area contributed by atoms with E-state index in [-0.39, 0.29) is 34.7 Å². The van der Waals surface area contributed by atoms with Crippen LogP contribution in [-0.4, -0.2) is 66.8 Å². The Morgan fingerprint density at radius 1 is 1.34 bits per heavy atom. The number of carbonyl (C=O) groups excluding carboxylic acids is 1. The molecule has 1 aromatic carbocycles. The van der Waals surface area contributed by atoms with Crippen LogP contribution in [0.4, 0.5) is 19.3 Å². The molecule has 0 aromatic heterocycles. The topological polar surface area (TPSA) is 96.5 Å². The number of ether oxygens (including phenoxy) is 3. The molecule has 35 heavy (non-hydrogen) atoms. The van der Waals surface area contributed by atoms with E-state index in [0.717, 1.165) is 6.07 Å². The van der Waals surface area contributed by atoms with E-state index in [0.29, 0.717) is 26.3 Å². The summed E-state index contributed by atoms with van der Waals surface area (Å²) in [6.07, 6.45) is -1.55. The maximum absolute atomic E-state index is 15.4. The van der Waals surface area contributed by atoms with E-state index in [1.54, 1.807) is 25.7 Å². The molecule has 8 nitrogen and oxygen atoms in total. The summed E-state index contributed by atoms with van der Waals surface area (Å²) in [4.78, 5) is 22.2. The second-order valence-electron chi connectivity index (χ2n) is 9.57. The molecule has 0 aliphatic carbocycles. The zero-order valence-corrected chi connectivity index (χ0v) is 20.3. The highest BCUT2D eigenvalue weighted by molar-refractivity contribution is 6.07. The molecule has 3 rings (SSSR count). The fourth-order valence-electron chi connectivity index (χ4n) is 4.04. The molecule has 2 aliphatic rings. The van der Waals surface area contributed by atoms with Gasteiger partial charge in [0.15, 0.2) is 0 Å². The highest BCUT2D eigenvalue weighted by Crippen LogP contribution is 2.32. The molecule has 0 radical (unpaired) electrons. The van der Waals surface area contributed by atoms with Crippen LogP contribution in [0.2, 0.25) is 0 Å². The van der Waals surface area contributed by atoms with Crippen molar-refractivity contribution in [3.63, 3.8) is 0 Å². The summed E-state index contributed by atoms with van der Waals surface area (Å²) in [7, 11) is 0. The van der Waals surface area contributed by atoms with Crippen LogP contribution < -0.4 is 0 Å². The van der Waals surface area contributed by atoms with E-state index in [1.165, 1.54) is 25.3 Å². The number of benzene rings is 1. The Bertz CT molecular complexity index is 1050. The number of nitriles is 1. The van der Waals surface area contributed by atoms with Crippen molar-refractivity contribution in [1.29, 1.82) is 5.26 Å². The molecular formula is C25H30F2N4O4. The molecule has 2 saturated heterocycles. The summed E-state index contributed by atoms with van der Waals surface area (Å²) in [6.45, 7) is 11.7. The number of amides is 1. The molecule has 3 unspecified atom stereocenters. The number of piperidine rings is 1. The molecule has 0 saturated carbocycles. The first-order valence-electron chi connectivity index (χ1n) is 11.3. The molecule has 1 amide bonds. The molecule has 10 heteroatoms. The lowest BCUT2D eigenvalue weighted by atomic mass is 9.84. The van der Waals surface area contributed by atoms with E-state index in [1.807, 2.05) is 6.07 Å². The second kappa shape index (κ2) is 11.0. The van der Waals surface area contributed by atoms with Crippen LogP contribution in [0, 0.1) is 29.0 Å². The third kappa shape index (κ3) is 6.63. The molecule has 0 N–H and O–H groups in total. The quantitative estimate of drug-likeness (QED) is 0.447. The van der Waals surface area contributed by atoms with Crippen molar-refractivity contribution in [2.75, 3.05) is 26.3 Å². The first-order valence-corrected chi connectivity index (χ1v) is 11.3. The Hall–Kier alpha value is -3.32. The minimum absolute atomic E-state index is 0.0678. The number of likely N-dealkylation sites (tertiary alicyclic amines) is 1. The number of hydrogen-bond acceptors (Lipinski definition) is 7. The predicted molar refractivity (Wildman–Crippen MR) is 127 cm³/mol. The molecule has 2 heterocycles. The zero-order valence-electron chi connectivity index (χ0n) is 20.3. The molecular weight excluding hydrogens is 458 g/mol. The minimum Gasteiger partial charge on any atom is -0.474 e. The Balaban J connectivity index is 1.75. The second-order valence-corrected chi connectivity index (χ2v) is 9.57. The number of halogens is 2. The first kappa shape index (κ1) is 26.3. The van der Waals surface area contributed by atoms with Gasteiger partial charge >= 0.3 is 6.09 Å². The Morgan fingerprint density at radius 3 is 2.54 bits per heavy atom. The fraction of sp³-hybridized carbons (Fsp3) is 0.520. The average molecular weight is 489 g/mol. The minimum atomic E-state index is -1.85. The van der Waals surface area contributed by atoms with Crippen molar-refractivity contribution in [3.05, 3.63) is 42.4 Å². The van der Waals surface area contributed by atoms with Gasteiger partial charge in [-0.05, 0) is 45.9 Å². The van der Waals surface area contributed by atoms with Crippen molar-refractivity contribution in [2.45, 2.75) is 45.6 Å². The third-order valence-corrected chi connectivity index (χ3v) is 5.59. The number of fused-ring (bicyclic) bond motifs is 2. The highest BCUT2D eigenvalue weighted by Gasteiger charge is 2.45. The zero-order chi connectivity index (χ0) is 25.8. The largest absolute Gasteiger partial charge is 0.474 e. The maximum Gasteiger partial charge on any atom is 0.410 e. The lowest BCUT2D eigenvalue weighted by molar-refractivity contribution is -0.117. The predicted octanol–water partition coefficient (Wildman–Crippen LogP) is 4.57. The van der Waals surface area contributed by atoms with Gasteiger partial charge in [-0.3, -0.25) is 4.99 Å². The number of nitrogens with zero attached hydrogens (tertiary/aromatic N) is 4. The van der Waals surface area contributed by atoms with Gasteiger partial charge in [-0.1, -0.05) is 6.58 Å². The van der Waals surface area contributed by atoms with Crippen LogP contribution >= 0.6 is 0 Å². The van der Waals surface area contributed by atoms with Gasteiger partial charge in [-0.25, -0.2) is 18.6 Å². The van der Waals surface area contributed by atoms with Gasteiger partial charge in [0.2, 0.25) is 12.1 Å². The van der Waals surface area contributed by atoms with Crippen molar-refractivity contribution in [1.82, 2.24) is 4.90 Å². The number of aliphatic imine (C=N–C) groups is 2. The van der Waals surface area contributed by atoms with Gasteiger partial charge in [0.1, 0.15) is 17.5 Å². The van der Waals surface area contributed by atoms with Crippen LogP contribution in [0.3, 0.4) is 0 Å². The summed E-state index contributed by atoms with van der Waals surface area (Å²) in [5, 5.41) is 8.88. The first-order chi connectivity index (χ1) is 16.5. The fourth-order valence-corrected chi connectivity index (χ4v) is 4.04. The molecule has 2 bridgehead atoms. The number of hydrogen-bond donors (Lipinski definition) is 0. The van der Waals surface area contributed by atoms with Gasteiger partial charge in [0.05, 0.1) is 36.2 Å². The van der Waals surface area contributed by atoms with E-state index >= 15 is 4.39 Å². The summed E-state index contributed by atoms with van der Waals surface area (Å²) < 4.78 is 46.8. The van der Waals surface area contributed by atoms with Crippen LogP contribution in [0.25, 0.3) is 0 Å². The van der Waals surface area contributed by atoms with Gasteiger partial charge in [0, 0.05) is 31.1 Å². The van der Waals surface area contributed by atoms with Crippen LogP contribution in [0.15, 0.2) is 41.0 Å². The summed E-state index contributed by atoms with van der Waals surface area (Å²) in [6, 6.07) is 5.58. The molecule has 0 spiro atoms. The van der Waals surface area contributed by atoms with E-state index in [2.05, 4.69) is 16.6 Å². The monoisotopic (exact) mass is 488 g/mol. The van der Waals surface area contributed by atoms with Crippen LogP contribution in [0.5, 0.6) is 0 Å². The molecule has 188 valence electrons. The van der Waals surface area contributed by atoms with Gasteiger partial charge in [-0.15, -0.1) is 0 Å². The lowest BCUT2D eigenvalue weighted by Gasteiger charge is -2.46. The summed E-state index contributed by atoms with van der Waals surface area (Å²) in [5.74, 6) is -1.42. The van der Waals surface area contributed by atoms with Crippen molar-refractivity contribution in [2.24, 2.45) is 21.8 Å². The van der Waals surface area contributed by atoms with Crippen molar-refractivity contribution < 1.29 is 27.8 Å². The highest BCUT2D eigenvalue weighted by atomic mass is 19.1. The smallest absolute Gasteiger partial charge is 0.410 e. The molecule has 2 aliphatic heterocycles. The lowest BCUT2D eigenvalue weighted by Crippen LogP contribution is -2.59. The maximum atomic E-state index is 15.4. The van der Waals surface area contributed by atoms with Crippen molar-refractivity contribution >= 4 is 23.4 Å². The Kier molecular flexibility index (Phi) is 8.22. The number of carbonyl (C=O) groups is 1. The van der Waals surface area contributed by atoms with E-state index in [9.17, 15) is 9.18 Å². The Labute approximate surface area is 203 Å². The summed E-state index contributed by atoms with van der Waals surface area (Å²) >= 11 is 0. The van der Waals surface area contributed by atoms with Gasteiger partial charge in [-0.2, -0.15) is 5.26 Å². The van der Waals surface area contributed by atoms with Crippen LogP contribution in [0.1, 0.15) is 33.3 Å². The molecule has 2 fully saturated rings. The van der Waals surface area contributed by atoms with Gasteiger partial charge < -0.3 is 19.1 Å². The SMILES string of the molecule is C=CN=C(OC1C2COCC1CN(C(=O)OC(C)(C)C)C2)C(F)C(C)=Nc1ccc(C#N)cc1F. The normalized spacial score (nSPS) is 23.8. The van der Waals surface area contributed by atoms with Gasteiger partial charge in [0.25, 0.3) is 0 Å². The van der Waals surface area contributed by atoms with Crippen molar-refractivity contribution in [3.8, 4) is 6.07 Å². The molecule has 1 aromatic rings. The third-order valence-electron chi connectivity index (χ3n) is 5.59. The number of rotatable bonds is 5. The number of alkyl halides is 1. The van der Waals surface area contributed by atoms with E-state index in [4.69, 9.17) is 19.5 Å².